The molecule has 2 heterocycles. The fraction of sp³-hybridized carbons (Fsp3) is 0.133. The number of ether oxygens (including phenoxy) is 1. The SMILES string of the molecule is COC(=O)c1cc2ccoc2n1Cc1ccccc1. The van der Waals surface area contributed by atoms with Gasteiger partial charge in [0.15, 0.2) is 0 Å². The van der Waals surface area contributed by atoms with Crippen LogP contribution < -0.4 is 0 Å². The number of methoxy groups -OCH3 is 1. The van der Waals surface area contributed by atoms with Crippen molar-refractivity contribution in [2.75, 3.05) is 7.11 Å². The lowest BCUT2D eigenvalue weighted by atomic mass is 10.2. The first-order chi connectivity index (χ1) is 9.29. The molecular formula is C15H13NO3. The Kier molecular flexibility index (Phi) is 2.83. The van der Waals surface area contributed by atoms with Crippen LogP contribution in [0, 0.1) is 0 Å². The maximum absolute atomic E-state index is 11.8. The van der Waals surface area contributed by atoms with Gasteiger partial charge in [-0.3, -0.25) is 0 Å². The van der Waals surface area contributed by atoms with Crippen LogP contribution >= 0.6 is 0 Å². The van der Waals surface area contributed by atoms with E-state index in [1.807, 2.05) is 41.0 Å². The summed E-state index contributed by atoms with van der Waals surface area (Å²) in [6.07, 6.45) is 1.62. The third-order valence-electron chi connectivity index (χ3n) is 3.08. The molecule has 2 aromatic heterocycles. The number of hydrogen-bond acceptors (Lipinski definition) is 3. The molecule has 4 heteroatoms. The zero-order valence-electron chi connectivity index (χ0n) is 10.5. The zero-order valence-corrected chi connectivity index (χ0v) is 10.5. The van der Waals surface area contributed by atoms with E-state index in [0.717, 1.165) is 10.9 Å². The van der Waals surface area contributed by atoms with Crippen LogP contribution in [0.25, 0.3) is 11.1 Å². The fourth-order valence-corrected chi connectivity index (χ4v) is 2.17. The van der Waals surface area contributed by atoms with Crippen LogP contribution in [0.1, 0.15) is 16.1 Å². The maximum Gasteiger partial charge on any atom is 0.354 e. The van der Waals surface area contributed by atoms with Gasteiger partial charge >= 0.3 is 5.97 Å². The van der Waals surface area contributed by atoms with Crippen LogP contribution in [0.15, 0.2) is 53.1 Å². The molecule has 0 aliphatic heterocycles. The molecule has 0 radical (unpaired) electrons. The average Bonchev–Trinajstić information content (AvgIpc) is 3.02. The van der Waals surface area contributed by atoms with Crippen LogP contribution in [0.4, 0.5) is 0 Å². The molecule has 0 bridgehead atoms. The monoisotopic (exact) mass is 255 g/mol. The molecule has 96 valence electrons. The van der Waals surface area contributed by atoms with Crippen molar-refractivity contribution >= 4 is 17.1 Å². The van der Waals surface area contributed by atoms with Gasteiger partial charge < -0.3 is 13.7 Å². The number of carbonyl (C=O) groups is 1. The topological polar surface area (TPSA) is 44.4 Å². The van der Waals surface area contributed by atoms with Crippen LogP contribution in [-0.4, -0.2) is 17.6 Å². The van der Waals surface area contributed by atoms with Crippen molar-refractivity contribution in [3.8, 4) is 0 Å². The van der Waals surface area contributed by atoms with E-state index < -0.39 is 0 Å². The summed E-state index contributed by atoms with van der Waals surface area (Å²) in [7, 11) is 1.38. The van der Waals surface area contributed by atoms with E-state index in [1.54, 1.807) is 12.3 Å². The predicted molar refractivity (Wildman–Crippen MR) is 71.1 cm³/mol. The highest BCUT2D eigenvalue weighted by Gasteiger charge is 2.18. The molecule has 19 heavy (non-hydrogen) atoms. The van der Waals surface area contributed by atoms with Crippen molar-refractivity contribution in [1.29, 1.82) is 0 Å². The van der Waals surface area contributed by atoms with Gasteiger partial charge in [-0.15, -0.1) is 0 Å². The Morgan fingerprint density at radius 2 is 2.05 bits per heavy atom. The lowest BCUT2D eigenvalue weighted by Crippen LogP contribution is -2.11. The van der Waals surface area contributed by atoms with E-state index in [0.29, 0.717) is 18.0 Å². The smallest absolute Gasteiger partial charge is 0.354 e. The number of fused-ring (bicyclic) bond motifs is 1. The molecule has 0 amide bonds. The fourth-order valence-electron chi connectivity index (χ4n) is 2.17. The largest absolute Gasteiger partial charge is 0.464 e. The van der Waals surface area contributed by atoms with Crippen molar-refractivity contribution in [3.63, 3.8) is 0 Å². The highest BCUT2D eigenvalue weighted by Crippen LogP contribution is 2.23. The summed E-state index contributed by atoms with van der Waals surface area (Å²) in [5.41, 5.74) is 2.28. The van der Waals surface area contributed by atoms with Gasteiger partial charge in [0.1, 0.15) is 5.69 Å². The Morgan fingerprint density at radius 3 is 2.79 bits per heavy atom. The Morgan fingerprint density at radius 1 is 1.26 bits per heavy atom. The molecule has 0 saturated carbocycles. The average molecular weight is 255 g/mol. The quantitative estimate of drug-likeness (QED) is 0.675. The number of furan rings is 1. The number of benzene rings is 1. The minimum absolute atomic E-state index is 0.359. The summed E-state index contributed by atoms with van der Waals surface area (Å²) in [5, 5.41) is 0.899. The number of esters is 1. The van der Waals surface area contributed by atoms with Gasteiger partial charge in [0.05, 0.1) is 19.9 Å². The molecule has 1 aromatic carbocycles. The summed E-state index contributed by atoms with van der Waals surface area (Å²) in [6, 6.07) is 13.5. The Labute approximate surface area is 110 Å². The number of aromatic nitrogens is 1. The second-order valence-corrected chi connectivity index (χ2v) is 4.27. The third-order valence-corrected chi connectivity index (χ3v) is 3.08. The van der Waals surface area contributed by atoms with Crippen molar-refractivity contribution in [1.82, 2.24) is 4.57 Å². The summed E-state index contributed by atoms with van der Waals surface area (Å²) in [5.74, 6) is -0.359. The van der Waals surface area contributed by atoms with E-state index in [2.05, 4.69) is 0 Å². The summed E-state index contributed by atoms with van der Waals surface area (Å²) < 4.78 is 12.1. The predicted octanol–water partition coefficient (Wildman–Crippen LogP) is 3.07. The molecule has 3 rings (SSSR count). The van der Waals surface area contributed by atoms with E-state index in [9.17, 15) is 4.79 Å². The van der Waals surface area contributed by atoms with Gasteiger partial charge in [-0.05, 0) is 17.7 Å². The van der Waals surface area contributed by atoms with Crippen molar-refractivity contribution < 1.29 is 13.9 Å². The molecule has 0 spiro atoms. The summed E-state index contributed by atoms with van der Waals surface area (Å²) in [6.45, 7) is 0.572. The normalized spacial score (nSPS) is 10.8. The summed E-state index contributed by atoms with van der Waals surface area (Å²) in [4.78, 5) is 11.8. The van der Waals surface area contributed by atoms with Crippen molar-refractivity contribution in [2.24, 2.45) is 0 Å². The van der Waals surface area contributed by atoms with Crippen LogP contribution in [0.3, 0.4) is 0 Å². The molecule has 0 N–H and O–H groups in total. The molecule has 0 unspecified atom stereocenters. The lowest BCUT2D eigenvalue weighted by Gasteiger charge is -2.08. The molecular weight excluding hydrogens is 242 g/mol. The highest BCUT2D eigenvalue weighted by molar-refractivity contribution is 5.94. The number of nitrogens with zero attached hydrogens (tertiary/aromatic N) is 1. The van der Waals surface area contributed by atoms with Crippen LogP contribution in [0.5, 0.6) is 0 Å². The Hall–Kier alpha value is -2.49. The number of rotatable bonds is 3. The molecule has 0 aliphatic carbocycles. The van der Waals surface area contributed by atoms with Gasteiger partial charge in [0.25, 0.3) is 0 Å². The van der Waals surface area contributed by atoms with Gasteiger partial charge in [-0.2, -0.15) is 0 Å². The third kappa shape index (κ3) is 2.01. The molecule has 0 fully saturated rings. The molecule has 0 aliphatic rings. The zero-order chi connectivity index (χ0) is 13.2. The van der Waals surface area contributed by atoms with Gasteiger partial charge in [-0.1, -0.05) is 30.3 Å². The van der Waals surface area contributed by atoms with Crippen LogP contribution in [-0.2, 0) is 11.3 Å². The molecule has 0 atom stereocenters. The second kappa shape index (κ2) is 4.65. The lowest BCUT2D eigenvalue weighted by molar-refractivity contribution is 0.0589. The van der Waals surface area contributed by atoms with E-state index in [4.69, 9.17) is 9.15 Å². The highest BCUT2D eigenvalue weighted by atomic mass is 16.5. The van der Waals surface area contributed by atoms with Crippen LogP contribution in [0.2, 0.25) is 0 Å². The molecule has 4 nitrogen and oxygen atoms in total. The van der Waals surface area contributed by atoms with E-state index in [-0.39, 0.29) is 5.97 Å². The first-order valence-corrected chi connectivity index (χ1v) is 5.98. The maximum atomic E-state index is 11.8. The minimum Gasteiger partial charge on any atom is -0.464 e. The van der Waals surface area contributed by atoms with Gasteiger partial charge in [-0.25, -0.2) is 4.79 Å². The van der Waals surface area contributed by atoms with Crippen molar-refractivity contribution in [2.45, 2.75) is 6.54 Å². The Bertz CT molecular complexity index is 709. The Balaban J connectivity index is 2.09. The molecule has 3 aromatic rings. The second-order valence-electron chi connectivity index (χ2n) is 4.27. The minimum atomic E-state index is -0.359. The molecule has 0 saturated heterocycles. The van der Waals surface area contributed by atoms with E-state index in [1.165, 1.54) is 7.11 Å². The number of carbonyl (C=O) groups excluding carboxylic acids is 1. The first-order valence-electron chi connectivity index (χ1n) is 5.98. The number of hydrogen-bond donors (Lipinski definition) is 0. The summed E-state index contributed by atoms with van der Waals surface area (Å²) >= 11 is 0. The first kappa shape index (κ1) is 11.6. The van der Waals surface area contributed by atoms with Crippen molar-refractivity contribution in [3.05, 3.63) is 60.0 Å². The van der Waals surface area contributed by atoms with E-state index >= 15 is 0 Å². The van der Waals surface area contributed by atoms with Gasteiger partial charge in [0.2, 0.25) is 5.71 Å². The standard InChI is InChI=1S/C15H13NO3/c1-18-15(17)13-9-12-7-8-19-14(12)16(13)10-11-5-3-2-4-6-11/h2-9H,10H2,1H3. The van der Waals surface area contributed by atoms with Gasteiger partial charge in [0, 0.05) is 5.39 Å².